The molecule has 3 N–H and O–H groups in total. The maximum atomic E-state index is 5.73. The standard InChI is InChI=1S/C15H23N3S2/c1-5-10-6-7-12(20-10)11(18-16)8-14-17-13(9-19-14)15(2,3)4/h6-7,9,11,18H,5,8,16H2,1-4H3. The molecule has 0 amide bonds. The molecule has 1 unspecified atom stereocenters. The van der Waals surface area contributed by atoms with Crippen LogP contribution < -0.4 is 11.3 Å². The predicted molar refractivity (Wildman–Crippen MR) is 88.3 cm³/mol. The summed E-state index contributed by atoms with van der Waals surface area (Å²) in [7, 11) is 0. The van der Waals surface area contributed by atoms with Crippen molar-refractivity contribution >= 4 is 22.7 Å². The van der Waals surface area contributed by atoms with Crippen molar-refractivity contribution in [1.29, 1.82) is 0 Å². The number of hydrogen-bond acceptors (Lipinski definition) is 5. The molecule has 0 aliphatic heterocycles. The third-order valence-corrected chi connectivity index (χ3v) is 5.49. The highest BCUT2D eigenvalue weighted by molar-refractivity contribution is 7.12. The van der Waals surface area contributed by atoms with E-state index in [1.807, 2.05) is 11.3 Å². The van der Waals surface area contributed by atoms with Crippen molar-refractivity contribution in [1.82, 2.24) is 10.4 Å². The highest BCUT2D eigenvalue weighted by atomic mass is 32.1. The SMILES string of the molecule is CCc1ccc(C(Cc2nc(C(C)(C)C)cs2)NN)s1. The monoisotopic (exact) mass is 309 g/mol. The maximum Gasteiger partial charge on any atom is 0.0948 e. The molecule has 0 saturated carbocycles. The lowest BCUT2D eigenvalue weighted by Gasteiger charge is -2.15. The van der Waals surface area contributed by atoms with Gasteiger partial charge in [0.05, 0.1) is 16.7 Å². The number of nitrogens with zero attached hydrogens (tertiary/aromatic N) is 1. The van der Waals surface area contributed by atoms with E-state index in [1.54, 1.807) is 11.3 Å². The van der Waals surface area contributed by atoms with Gasteiger partial charge >= 0.3 is 0 Å². The first-order chi connectivity index (χ1) is 9.44. The lowest BCUT2D eigenvalue weighted by molar-refractivity contribution is 0.547. The van der Waals surface area contributed by atoms with E-state index in [-0.39, 0.29) is 11.5 Å². The van der Waals surface area contributed by atoms with Crippen LogP contribution in [0.25, 0.3) is 0 Å². The van der Waals surface area contributed by atoms with Crippen LogP contribution in [0.2, 0.25) is 0 Å². The van der Waals surface area contributed by atoms with Gasteiger partial charge in [-0.15, -0.1) is 22.7 Å². The van der Waals surface area contributed by atoms with E-state index in [0.717, 1.165) is 23.5 Å². The summed E-state index contributed by atoms with van der Waals surface area (Å²) in [5.41, 5.74) is 4.20. The number of rotatable bonds is 5. The lowest BCUT2D eigenvalue weighted by atomic mass is 9.93. The molecule has 0 aliphatic rings. The Morgan fingerprint density at radius 3 is 2.60 bits per heavy atom. The number of hydrogen-bond donors (Lipinski definition) is 2. The number of thiophene rings is 1. The molecule has 3 nitrogen and oxygen atoms in total. The van der Waals surface area contributed by atoms with Crippen LogP contribution in [0.4, 0.5) is 0 Å². The third-order valence-electron chi connectivity index (χ3n) is 3.27. The normalized spacial score (nSPS) is 13.7. The largest absolute Gasteiger partial charge is 0.271 e. The Balaban J connectivity index is 2.12. The molecule has 0 saturated heterocycles. The summed E-state index contributed by atoms with van der Waals surface area (Å²) in [4.78, 5) is 7.44. The molecule has 2 heterocycles. The van der Waals surface area contributed by atoms with E-state index in [0.29, 0.717) is 0 Å². The summed E-state index contributed by atoms with van der Waals surface area (Å²) in [6, 6.07) is 4.51. The quantitative estimate of drug-likeness (QED) is 0.652. The summed E-state index contributed by atoms with van der Waals surface area (Å²) < 4.78 is 0. The molecule has 20 heavy (non-hydrogen) atoms. The molecule has 5 heteroatoms. The van der Waals surface area contributed by atoms with Crippen molar-refractivity contribution in [3.8, 4) is 0 Å². The predicted octanol–water partition coefficient (Wildman–Crippen LogP) is 3.81. The van der Waals surface area contributed by atoms with Gasteiger partial charge in [0, 0.05) is 27.0 Å². The summed E-state index contributed by atoms with van der Waals surface area (Å²) in [5.74, 6) is 5.73. The fraction of sp³-hybridized carbons (Fsp3) is 0.533. The molecule has 110 valence electrons. The Labute approximate surface area is 129 Å². The Hall–Kier alpha value is -0.750. The van der Waals surface area contributed by atoms with Crippen LogP contribution in [0.15, 0.2) is 17.5 Å². The van der Waals surface area contributed by atoms with Crippen LogP contribution in [0.5, 0.6) is 0 Å². The van der Waals surface area contributed by atoms with Gasteiger partial charge in [-0.1, -0.05) is 27.7 Å². The molecule has 0 aliphatic carbocycles. The summed E-state index contributed by atoms with van der Waals surface area (Å²) >= 11 is 3.56. The number of hydrazine groups is 1. The second-order valence-corrected chi connectivity index (χ2v) is 8.10. The summed E-state index contributed by atoms with van der Waals surface area (Å²) in [6.07, 6.45) is 1.92. The minimum atomic E-state index is 0.110. The first kappa shape index (κ1) is 15.6. The molecule has 2 aromatic heterocycles. The molecular formula is C15H23N3S2. The first-order valence-electron chi connectivity index (χ1n) is 6.93. The second kappa shape index (κ2) is 6.35. The van der Waals surface area contributed by atoms with Crippen molar-refractivity contribution in [3.05, 3.63) is 38.0 Å². The van der Waals surface area contributed by atoms with E-state index in [9.17, 15) is 0 Å². The molecule has 0 bridgehead atoms. The molecule has 0 fully saturated rings. The first-order valence-corrected chi connectivity index (χ1v) is 8.63. The van der Waals surface area contributed by atoms with E-state index in [4.69, 9.17) is 10.8 Å². The van der Waals surface area contributed by atoms with Crippen molar-refractivity contribution in [3.63, 3.8) is 0 Å². The van der Waals surface area contributed by atoms with Gasteiger partial charge < -0.3 is 0 Å². The Kier molecular flexibility index (Phi) is 4.96. The van der Waals surface area contributed by atoms with E-state index in [1.165, 1.54) is 9.75 Å². The molecule has 2 aromatic rings. The number of aromatic nitrogens is 1. The Morgan fingerprint density at radius 1 is 1.35 bits per heavy atom. The molecule has 2 rings (SSSR count). The van der Waals surface area contributed by atoms with E-state index >= 15 is 0 Å². The molecule has 1 atom stereocenters. The van der Waals surface area contributed by atoms with Crippen LogP contribution in [0, 0.1) is 0 Å². The molecule has 0 aromatic carbocycles. The third kappa shape index (κ3) is 3.67. The minimum absolute atomic E-state index is 0.110. The summed E-state index contributed by atoms with van der Waals surface area (Å²) in [5, 5.41) is 3.30. The van der Waals surface area contributed by atoms with Crippen LogP contribution in [-0.2, 0) is 18.3 Å². The van der Waals surface area contributed by atoms with Crippen LogP contribution >= 0.6 is 22.7 Å². The van der Waals surface area contributed by atoms with E-state index < -0.39 is 0 Å². The van der Waals surface area contributed by atoms with Crippen molar-refractivity contribution in [2.45, 2.75) is 52.0 Å². The van der Waals surface area contributed by atoms with Gasteiger partial charge in [-0.2, -0.15) is 0 Å². The van der Waals surface area contributed by atoms with Crippen LogP contribution in [0.3, 0.4) is 0 Å². The zero-order valence-corrected chi connectivity index (χ0v) is 14.2. The topological polar surface area (TPSA) is 50.9 Å². The molecule has 0 radical (unpaired) electrons. The van der Waals surface area contributed by atoms with Gasteiger partial charge in [-0.25, -0.2) is 4.98 Å². The van der Waals surface area contributed by atoms with Crippen LogP contribution in [-0.4, -0.2) is 4.98 Å². The highest BCUT2D eigenvalue weighted by Crippen LogP contribution is 2.29. The minimum Gasteiger partial charge on any atom is -0.271 e. The van der Waals surface area contributed by atoms with Gasteiger partial charge in [0.2, 0.25) is 0 Å². The number of nitrogens with two attached hydrogens (primary N) is 1. The van der Waals surface area contributed by atoms with Gasteiger partial charge in [-0.3, -0.25) is 11.3 Å². The second-order valence-electron chi connectivity index (χ2n) is 5.96. The zero-order valence-electron chi connectivity index (χ0n) is 12.6. The highest BCUT2D eigenvalue weighted by Gasteiger charge is 2.20. The van der Waals surface area contributed by atoms with Crippen molar-refractivity contribution in [2.75, 3.05) is 0 Å². The fourth-order valence-corrected chi connectivity index (χ4v) is 4.02. The van der Waals surface area contributed by atoms with Gasteiger partial charge in [0.25, 0.3) is 0 Å². The fourth-order valence-electron chi connectivity index (χ4n) is 1.94. The van der Waals surface area contributed by atoms with Gasteiger partial charge in [-0.05, 0) is 18.6 Å². The molecule has 0 spiro atoms. The van der Waals surface area contributed by atoms with Gasteiger partial charge in [0.15, 0.2) is 0 Å². The number of aryl methyl sites for hydroxylation is 1. The number of nitrogens with one attached hydrogen (secondary N) is 1. The number of thiazole rings is 1. The zero-order chi connectivity index (χ0) is 14.8. The van der Waals surface area contributed by atoms with Crippen LogP contribution in [0.1, 0.15) is 54.2 Å². The molecular weight excluding hydrogens is 286 g/mol. The average molecular weight is 310 g/mol. The maximum absolute atomic E-state index is 5.73. The van der Waals surface area contributed by atoms with Crippen molar-refractivity contribution < 1.29 is 0 Å². The Morgan fingerprint density at radius 2 is 2.10 bits per heavy atom. The van der Waals surface area contributed by atoms with Gasteiger partial charge in [0.1, 0.15) is 0 Å². The smallest absolute Gasteiger partial charge is 0.0948 e. The van der Waals surface area contributed by atoms with Crippen molar-refractivity contribution in [2.24, 2.45) is 5.84 Å². The van der Waals surface area contributed by atoms with E-state index in [2.05, 4.69) is 50.6 Å². The lowest BCUT2D eigenvalue weighted by Crippen LogP contribution is -2.29. The summed E-state index contributed by atoms with van der Waals surface area (Å²) in [6.45, 7) is 8.75. The Bertz CT molecular complexity index is 551. The average Bonchev–Trinajstić information content (AvgIpc) is 3.04.